The summed E-state index contributed by atoms with van der Waals surface area (Å²) in [5.74, 6) is 0.269. The van der Waals surface area contributed by atoms with Crippen LogP contribution >= 0.6 is 11.3 Å². The van der Waals surface area contributed by atoms with Crippen molar-refractivity contribution < 1.29 is 4.79 Å². The Bertz CT molecular complexity index is 1020. The Balaban J connectivity index is 2.05. The first kappa shape index (κ1) is 17.4. The van der Waals surface area contributed by atoms with Crippen molar-refractivity contribution in [3.8, 4) is 0 Å². The molecule has 0 atom stereocenters. The molecule has 2 aromatic heterocycles. The molecule has 5 nitrogen and oxygen atoms in total. The van der Waals surface area contributed by atoms with E-state index in [2.05, 4.69) is 24.9 Å². The molecule has 25 heavy (non-hydrogen) atoms. The van der Waals surface area contributed by atoms with Crippen molar-refractivity contribution in [1.29, 1.82) is 0 Å². The lowest BCUT2D eigenvalue weighted by Gasteiger charge is -2.18. The molecule has 6 heteroatoms. The maximum absolute atomic E-state index is 13.0. The van der Waals surface area contributed by atoms with Crippen molar-refractivity contribution in [3.05, 3.63) is 57.0 Å². The Morgan fingerprint density at radius 3 is 2.72 bits per heavy atom. The molecule has 0 N–H and O–H groups in total. The summed E-state index contributed by atoms with van der Waals surface area (Å²) >= 11 is 1.27. The van der Waals surface area contributed by atoms with Gasteiger partial charge in [-0.05, 0) is 36.1 Å². The van der Waals surface area contributed by atoms with Crippen LogP contribution in [0.2, 0.25) is 0 Å². The van der Waals surface area contributed by atoms with Crippen LogP contribution in [0.15, 0.2) is 35.4 Å². The number of fused-ring (bicyclic) bond motifs is 1. The molecule has 0 saturated heterocycles. The number of rotatable bonds is 3. The van der Waals surface area contributed by atoms with Gasteiger partial charge in [0.15, 0.2) is 0 Å². The van der Waals surface area contributed by atoms with Gasteiger partial charge < -0.3 is 9.47 Å². The van der Waals surface area contributed by atoms with E-state index < -0.39 is 0 Å². The van der Waals surface area contributed by atoms with Crippen molar-refractivity contribution in [2.24, 2.45) is 7.05 Å². The third-order valence-electron chi connectivity index (χ3n) is 4.43. The molecule has 0 radical (unpaired) electrons. The number of nitrogens with zero attached hydrogens (tertiary/aromatic N) is 3. The number of aryl methyl sites for hydroxylation is 2. The SMILES string of the molecule is Cc1c(C(=O)N(C)c2cccc(C(C)C)c2)sc2ncn(C)c(=O)c12. The average molecular weight is 355 g/mol. The Labute approximate surface area is 150 Å². The van der Waals surface area contributed by atoms with Gasteiger partial charge in [-0.15, -0.1) is 11.3 Å². The van der Waals surface area contributed by atoms with E-state index in [9.17, 15) is 9.59 Å². The molecule has 0 aliphatic rings. The van der Waals surface area contributed by atoms with Crippen molar-refractivity contribution >= 4 is 33.1 Å². The van der Waals surface area contributed by atoms with Gasteiger partial charge in [0.1, 0.15) is 4.83 Å². The Kier molecular flexibility index (Phi) is 4.47. The van der Waals surface area contributed by atoms with E-state index in [1.807, 2.05) is 25.1 Å². The molecule has 3 aromatic rings. The maximum atomic E-state index is 13.0. The Morgan fingerprint density at radius 2 is 2.04 bits per heavy atom. The van der Waals surface area contributed by atoms with E-state index in [1.54, 1.807) is 19.0 Å². The van der Waals surface area contributed by atoms with Crippen molar-refractivity contribution in [3.63, 3.8) is 0 Å². The molecule has 0 bridgehead atoms. The number of aromatic nitrogens is 2. The minimum Gasteiger partial charge on any atom is -0.311 e. The second-order valence-corrected chi connectivity index (χ2v) is 7.51. The van der Waals surface area contributed by atoms with Gasteiger partial charge in [0.05, 0.1) is 16.6 Å². The van der Waals surface area contributed by atoms with Gasteiger partial charge in [-0.25, -0.2) is 4.98 Å². The molecule has 1 amide bonds. The van der Waals surface area contributed by atoms with Crippen LogP contribution < -0.4 is 10.5 Å². The van der Waals surface area contributed by atoms with Crippen LogP contribution in [-0.2, 0) is 7.05 Å². The molecule has 0 aliphatic carbocycles. The molecule has 0 aliphatic heterocycles. The highest BCUT2D eigenvalue weighted by atomic mass is 32.1. The number of hydrogen-bond acceptors (Lipinski definition) is 4. The first-order valence-corrected chi connectivity index (χ1v) is 8.95. The first-order chi connectivity index (χ1) is 11.8. The van der Waals surface area contributed by atoms with E-state index in [0.717, 1.165) is 5.69 Å². The number of benzene rings is 1. The van der Waals surface area contributed by atoms with Gasteiger partial charge >= 0.3 is 0 Å². The fourth-order valence-electron chi connectivity index (χ4n) is 2.77. The predicted octanol–water partition coefficient (Wildman–Crippen LogP) is 3.70. The van der Waals surface area contributed by atoms with E-state index >= 15 is 0 Å². The quantitative estimate of drug-likeness (QED) is 0.720. The molecule has 130 valence electrons. The van der Waals surface area contributed by atoms with Crippen LogP contribution in [0.5, 0.6) is 0 Å². The zero-order chi connectivity index (χ0) is 18.3. The molecule has 3 rings (SSSR count). The first-order valence-electron chi connectivity index (χ1n) is 8.14. The predicted molar refractivity (Wildman–Crippen MR) is 103 cm³/mol. The summed E-state index contributed by atoms with van der Waals surface area (Å²) in [5.41, 5.74) is 2.60. The summed E-state index contributed by atoms with van der Waals surface area (Å²) < 4.78 is 1.44. The highest BCUT2D eigenvalue weighted by Gasteiger charge is 2.22. The second kappa shape index (κ2) is 6.44. The third-order valence-corrected chi connectivity index (χ3v) is 5.62. The van der Waals surface area contributed by atoms with Gasteiger partial charge in [0, 0.05) is 19.8 Å². The largest absolute Gasteiger partial charge is 0.311 e. The van der Waals surface area contributed by atoms with Crippen LogP contribution in [-0.4, -0.2) is 22.5 Å². The maximum Gasteiger partial charge on any atom is 0.268 e. The van der Waals surface area contributed by atoms with Crippen molar-refractivity contribution in [1.82, 2.24) is 9.55 Å². The van der Waals surface area contributed by atoms with E-state index in [0.29, 0.717) is 26.6 Å². The molecule has 1 aromatic carbocycles. The van der Waals surface area contributed by atoms with Gasteiger partial charge in [0.25, 0.3) is 11.5 Å². The highest BCUT2D eigenvalue weighted by Crippen LogP contribution is 2.29. The highest BCUT2D eigenvalue weighted by molar-refractivity contribution is 7.20. The molecular weight excluding hydrogens is 334 g/mol. The van der Waals surface area contributed by atoms with E-state index in [1.165, 1.54) is 27.8 Å². The van der Waals surface area contributed by atoms with Gasteiger partial charge in [-0.1, -0.05) is 26.0 Å². The van der Waals surface area contributed by atoms with Crippen LogP contribution in [0.25, 0.3) is 10.2 Å². The summed E-state index contributed by atoms with van der Waals surface area (Å²) in [7, 11) is 3.42. The normalized spacial score (nSPS) is 11.3. The minimum absolute atomic E-state index is 0.122. The topological polar surface area (TPSA) is 55.2 Å². The summed E-state index contributed by atoms with van der Waals surface area (Å²) in [5, 5.41) is 0.530. The van der Waals surface area contributed by atoms with Crippen LogP contribution in [0.4, 0.5) is 5.69 Å². The number of amides is 1. The minimum atomic E-state index is -0.123. The number of carbonyl (C=O) groups is 1. The van der Waals surface area contributed by atoms with Crippen molar-refractivity contribution in [2.45, 2.75) is 26.7 Å². The molecule has 2 heterocycles. The Hall–Kier alpha value is -2.47. The number of thiophene rings is 1. The van der Waals surface area contributed by atoms with Crippen LogP contribution in [0.3, 0.4) is 0 Å². The molecule has 0 spiro atoms. The summed E-state index contributed by atoms with van der Waals surface area (Å²) in [4.78, 5) is 32.4. The fourth-order valence-corrected chi connectivity index (χ4v) is 3.89. The van der Waals surface area contributed by atoms with Gasteiger partial charge in [0.2, 0.25) is 0 Å². The lowest BCUT2D eigenvalue weighted by molar-refractivity contribution is 0.0996. The molecule has 0 saturated carbocycles. The lowest BCUT2D eigenvalue weighted by atomic mass is 10.0. The smallest absolute Gasteiger partial charge is 0.268 e. The zero-order valence-electron chi connectivity index (χ0n) is 15.0. The summed E-state index contributed by atoms with van der Waals surface area (Å²) in [6.07, 6.45) is 1.49. The summed E-state index contributed by atoms with van der Waals surface area (Å²) in [6, 6.07) is 7.97. The monoisotopic (exact) mass is 355 g/mol. The second-order valence-electron chi connectivity index (χ2n) is 6.51. The number of hydrogen-bond donors (Lipinski definition) is 0. The Morgan fingerprint density at radius 1 is 1.32 bits per heavy atom. The van der Waals surface area contributed by atoms with E-state index in [4.69, 9.17) is 0 Å². The molecular formula is C19H21N3O2S. The van der Waals surface area contributed by atoms with E-state index in [-0.39, 0.29) is 11.5 Å². The zero-order valence-corrected chi connectivity index (χ0v) is 15.8. The van der Waals surface area contributed by atoms with Gasteiger partial charge in [-0.3, -0.25) is 9.59 Å². The third kappa shape index (κ3) is 2.98. The number of anilines is 1. The summed E-state index contributed by atoms with van der Waals surface area (Å²) in [6.45, 7) is 6.06. The van der Waals surface area contributed by atoms with Crippen LogP contribution in [0.1, 0.15) is 40.6 Å². The molecule has 0 unspecified atom stereocenters. The lowest BCUT2D eigenvalue weighted by Crippen LogP contribution is -2.26. The average Bonchev–Trinajstić information content (AvgIpc) is 2.94. The van der Waals surface area contributed by atoms with Gasteiger partial charge in [-0.2, -0.15) is 0 Å². The molecule has 0 fully saturated rings. The van der Waals surface area contributed by atoms with Crippen LogP contribution in [0, 0.1) is 6.92 Å². The fraction of sp³-hybridized carbons (Fsp3) is 0.316. The number of carbonyl (C=O) groups excluding carboxylic acids is 1. The standard InChI is InChI=1S/C19H21N3O2S/c1-11(2)13-7-6-8-14(9-13)22(5)19(24)16-12(3)15-17(25-16)20-10-21(4)18(15)23/h6-11H,1-5H3. The van der Waals surface area contributed by atoms with Crippen molar-refractivity contribution in [2.75, 3.05) is 11.9 Å².